The first-order valence-electron chi connectivity index (χ1n) is 13.3. The van der Waals surface area contributed by atoms with E-state index in [0.29, 0.717) is 13.1 Å². The lowest BCUT2D eigenvalue weighted by Gasteiger charge is -2.21. The fourth-order valence-electron chi connectivity index (χ4n) is 5.38. The molecule has 34 heavy (non-hydrogen) atoms. The topological polar surface area (TPSA) is 92.7 Å². The van der Waals surface area contributed by atoms with Crippen LogP contribution in [0.3, 0.4) is 0 Å². The van der Waals surface area contributed by atoms with Crippen LogP contribution in [0.2, 0.25) is 0 Å². The molecule has 2 aliphatic heterocycles. The molecule has 4 rings (SSSR count). The van der Waals surface area contributed by atoms with Crippen LogP contribution in [-0.4, -0.2) is 66.2 Å². The van der Waals surface area contributed by atoms with E-state index in [1.165, 1.54) is 32.1 Å². The van der Waals surface area contributed by atoms with Gasteiger partial charge in [0.25, 0.3) is 11.8 Å². The second-order valence-corrected chi connectivity index (χ2v) is 10.1. The van der Waals surface area contributed by atoms with Crippen LogP contribution in [-0.2, 0) is 11.3 Å². The molecule has 2 N–H and O–H groups in total. The predicted molar refractivity (Wildman–Crippen MR) is 131 cm³/mol. The van der Waals surface area contributed by atoms with Crippen molar-refractivity contribution in [3.05, 3.63) is 33.7 Å². The van der Waals surface area contributed by atoms with Crippen molar-refractivity contribution in [2.24, 2.45) is 0 Å². The summed E-state index contributed by atoms with van der Waals surface area (Å²) < 4.78 is 7.54. The third-order valence-electron chi connectivity index (χ3n) is 7.36. The van der Waals surface area contributed by atoms with Gasteiger partial charge in [-0.05, 0) is 51.6 Å². The Balaban J connectivity index is 1.49. The summed E-state index contributed by atoms with van der Waals surface area (Å²) in [5.41, 5.74) is -0.414. The number of hydrogen-bond donors (Lipinski definition) is 2. The standard InChI is InChI=1S/C26H40N4O4/c31-24-22(25(32)27-12-15-29-13-6-7-14-29)18-30(17-21-11-8-16-34-21)19-23(24)26(33)28-20-9-4-2-1-3-5-10-20/h18-21H,1-17H2,(H,27,32)(H,28,33)/t21-/m0/s1. The first-order valence-corrected chi connectivity index (χ1v) is 13.3. The lowest BCUT2D eigenvalue weighted by atomic mass is 9.96. The summed E-state index contributed by atoms with van der Waals surface area (Å²) >= 11 is 0. The molecule has 3 fully saturated rings. The highest BCUT2D eigenvalue weighted by Crippen LogP contribution is 2.18. The van der Waals surface area contributed by atoms with E-state index in [1.54, 1.807) is 17.0 Å². The van der Waals surface area contributed by atoms with Crippen molar-refractivity contribution in [2.75, 3.05) is 32.8 Å². The van der Waals surface area contributed by atoms with Crippen LogP contribution in [0.4, 0.5) is 0 Å². The predicted octanol–water partition coefficient (Wildman–Crippen LogP) is 2.70. The van der Waals surface area contributed by atoms with E-state index < -0.39 is 11.3 Å². The maximum absolute atomic E-state index is 13.2. The summed E-state index contributed by atoms with van der Waals surface area (Å²) in [7, 11) is 0. The van der Waals surface area contributed by atoms with Crippen LogP contribution in [0.25, 0.3) is 0 Å². The van der Waals surface area contributed by atoms with Gasteiger partial charge in [0, 0.05) is 44.7 Å². The van der Waals surface area contributed by atoms with Gasteiger partial charge in [0.2, 0.25) is 5.43 Å². The monoisotopic (exact) mass is 472 g/mol. The van der Waals surface area contributed by atoms with Gasteiger partial charge in [0.05, 0.1) is 6.10 Å². The number of rotatable bonds is 8. The van der Waals surface area contributed by atoms with Gasteiger partial charge in [-0.1, -0.05) is 32.1 Å². The van der Waals surface area contributed by atoms with E-state index in [9.17, 15) is 14.4 Å². The highest BCUT2D eigenvalue weighted by atomic mass is 16.5. The summed E-state index contributed by atoms with van der Waals surface area (Å²) in [6, 6.07) is 0.0803. The second-order valence-electron chi connectivity index (χ2n) is 10.1. The molecule has 1 aliphatic carbocycles. The Labute approximate surface area is 202 Å². The molecule has 0 aromatic carbocycles. The molecule has 8 nitrogen and oxygen atoms in total. The Morgan fingerprint density at radius 3 is 2.24 bits per heavy atom. The van der Waals surface area contributed by atoms with Crippen molar-refractivity contribution >= 4 is 11.8 Å². The van der Waals surface area contributed by atoms with Gasteiger partial charge >= 0.3 is 0 Å². The molecule has 3 heterocycles. The number of aromatic nitrogens is 1. The van der Waals surface area contributed by atoms with Crippen molar-refractivity contribution in [1.82, 2.24) is 20.1 Å². The molecule has 0 bridgehead atoms. The minimum atomic E-state index is -0.495. The third-order valence-corrected chi connectivity index (χ3v) is 7.36. The van der Waals surface area contributed by atoms with E-state index in [1.807, 2.05) is 0 Å². The number of likely N-dealkylation sites (tertiary alicyclic amines) is 1. The molecule has 0 unspecified atom stereocenters. The molecule has 1 aromatic heterocycles. The number of ether oxygens (including phenoxy) is 1. The van der Waals surface area contributed by atoms with Crippen molar-refractivity contribution < 1.29 is 14.3 Å². The zero-order valence-corrected chi connectivity index (χ0v) is 20.4. The summed E-state index contributed by atoms with van der Waals surface area (Å²) in [6.45, 7) is 4.63. The quantitative estimate of drug-likeness (QED) is 0.607. The molecule has 0 radical (unpaired) electrons. The number of carbonyl (C=O) groups excluding carboxylic acids is 2. The van der Waals surface area contributed by atoms with Crippen molar-refractivity contribution in [2.45, 2.75) is 89.3 Å². The lowest BCUT2D eigenvalue weighted by molar-refractivity contribution is 0.0914. The molecule has 3 aliphatic rings. The highest BCUT2D eigenvalue weighted by Gasteiger charge is 2.24. The molecular formula is C26H40N4O4. The molecule has 2 amide bonds. The Kier molecular flexibility index (Phi) is 9.16. The first-order chi connectivity index (χ1) is 16.6. The van der Waals surface area contributed by atoms with E-state index in [2.05, 4.69) is 15.5 Å². The number of nitrogens with zero attached hydrogens (tertiary/aromatic N) is 2. The van der Waals surface area contributed by atoms with Crippen molar-refractivity contribution in [1.29, 1.82) is 0 Å². The lowest BCUT2D eigenvalue weighted by Crippen LogP contribution is -2.41. The second kappa shape index (κ2) is 12.5. The minimum Gasteiger partial charge on any atom is -0.376 e. The van der Waals surface area contributed by atoms with Crippen LogP contribution in [0.1, 0.15) is 91.3 Å². The number of hydrogen-bond acceptors (Lipinski definition) is 5. The van der Waals surface area contributed by atoms with E-state index in [-0.39, 0.29) is 29.2 Å². The number of nitrogens with one attached hydrogen (secondary N) is 2. The molecule has 1 aromatic rings. The van der Waals surface area contributed by atoms with Crippen LogP contribution in [0.15, 0.2) is 17.2 Å². The van der Waals surface area contributed by atoms with Gasteiger partial charge in [-0.2, -0.15) is 0 Å². The molecule has 1 saturated carbocycles. The molecular weight excluding hydrogens is 432 g/mol. The third kappa shape index (κ3) is 6.92. The Morgan fingerprint density at radius 2 is 1.56 bits per heavy atom. The number of amides is 2. The van der Waals surface area contributed by atoms with E-state index >= 15 is 0 Å². The fraction of sp³-hybridized carbons (Fsp3) is 0.731. The van der Waals surface area contributed by atoms with Gasteiger partial charge in [-0.25, -0.2) is 0 Å². The summed E-state index contributed by atoms with van der Waals surface area (Å²) in [5, 5.41) is 5.98. The molecule has 8 heteroatoms. The zero-order valence-electron chi connectivity index (χ0n) is 20.4. The van der Waals surface area contributed by atoms with Crippen LogP contribution in [0, 0.1) is 0 Å². The average Bonchev–Trinajstić information content (AvgIpc) is 3.51. The van der Waals surface area contributed by atoms with Gasteiger partial charge in [0.1, 0.15) is 11.1 Å². The van der Waals surface area contributed by atoms with Crippen LogP contribution < -0.4 is 16.1 Å². The van der Waals surface area contributed by atoms with Gasteiger partial charge in [-0.15, -0.1) is 0 Å². The van der Waals surface area contributed by atoms with Gasteiger partial charge in [0.15, 0.2) is 0 Å². The maximum Gasteiger partial charge on any atom is 0.256 e. The van der Waals surface area contributed by atoms with Crippen LogP contribution in [0.5, 0.6) is 0 Å². The smallest absolute Gasteiger partial charge is 0.256 e. The summed E-state index contributed by atoms with van der Waals surface area (Å²) in [4.78, 5) is 41.7. The van der Waals surface area contributed by atoms with Crippen molar-refractivity contribution in [3.63, 3.8) is 0 Å². The fourth-order valence-corrected chi connectivity index (χ4v) is 5.38. The highest BCUT2D eigenvalue weighted by molar-refractivity contribution is 5.99. The Bertz CT molecular complexity index is 879. The Hall–Kier alpha value is -2.19. The first kappa shape index (κ1) is 24.9. The molecule has 188 valence electrons. The van der Waals surface area contributed by atoms with E-state index in [0.717, 1.165) is 64.8 Å². The zero-order chi connectivity index (χ0) is 23.8. The average molecular weight is 473 g/mol. The molecule has 1 atom stereocenters. The Morgan fingerprint density at radius 1 is 0.882 bits per heavy atom. The van der Waals surface area contributed by atoms with E-state index in [4.69, 9.17) is 4.74 Å². The largest absolute Gasteiger partial charge is 0.376 e. The minimum absolute atomic E-state index is 0.0322. The maximum atomic E-state index is 13.2. The molecule has 0 spiro atoms. The van der Waals surface area contributed by atoms with Crippen LogP contribution >= 0.6 is 0 Å². The SMILES string of the molecule is O=C(NCCN1CCCC1)c1cn(C[C@@H]2CCCO2)cc(C(=O)NC2CCCCCCC2)c1=O. The summed E-state index contributed by atoms with van der Waals surface area (Å²) in [6.07, 6.45) is 15.2. The van der Waals surface area contributed by atoms with Crippen molar-refractivity contribution in [3.8, 4) is 0 Å². The summed E-state index contributed by atoms with van der Waals surface area (Å²) in [5.74, 6) is -0.783. The number of pyridine rings is 1. The molecule has 2 saturated heterocycles. The van der Waals surface area contributed by atoms with Gasteiger partial charge in [-0.3, -0.25) is 14.4 Å². The normalized spacial score (nSPS) is 22.3. The number of carbonyl (C=O) groups is 2. The van der Waals surface area contributed by atoms with Gasteiger partial charge < -0.3 is 24.8 Å².